The number of fused-ring (bicyclic) bond motifs is 2. The summed E-state index contributed by atoms with van der Waals surface area (Å²) >= 11 is 0. The zero-order chi connectivity index (χ0) is 24.4. The molecule has 1 aliphatic heterocycles. The number of nitrogens with zero attached hydrogens (tertiary/aromatic N) is 1. The van der Waals surface area contributed by atoms with Crippen molar-refractivity contribution >= 4 is 17.6 Å². The average molecular weight is 467 g/mol. The van der Waals surface area contributed by atoms with Crippen molar-refractivity contribution in [3.8, 4) is 17.2 Å². The fourth-order valence-corrected chi connectivity index (χ4v) is 3.14. The lowest BCUT2D eigenvalue weighted by Crippen LogP contribution is -2.35. The number of rotatable bonds is 6. The molecule has 1 amide bonds. The minimum absolute atomic E-state index is 0.0260. The Morgan fingerprint density at radius 2 is 1.82 bits per heavy atom. The maximum Gasteiger partial charge on any atom is 0.416 e. The number of methoxy groups -OCH3 is 1. The second kappa shape index (κ2) is 9.30. The minimum atomic E-state index is -4.61. The van der Waals surface area contributed by atoms with Crippen LogP contribution in [-0.4, -0.2) is 44.3 Å². The summed E-state index contributed by atoms with van der Waals surface area (Å²) < 4.78 is 61.7. The van der Waals surface area contributed by atoms with E-state index in [9.17, 15) is 22.8 Å². The van der Waals surface area contributed by atoms with Gasteiger partial charge in [0.1, 0.15) is 17.1 Å². The Kier molecular flexibility index (Phi) is 6.87. The highest BCUT2D eigenvalue weighted by atomic mass is 19.4. The van der Waals surface area contributed by atoms with E-state index in [1.807, 2.05) is 20.8 Å². The third-order valence-electron chi connectivity index (χ3n) is 4.67. The molecule has 0 aliphatic carbocycles. The third kappa shape index (κ3) is 5.75. The van der Waals surface area contributed by atoms with Gasteiger partial charge in [-0.25, -0.2) is 4.79 Å². The van der Waals surface area contributed by atoms with Crippen molar-refractivity contribution in [2.45, 2.75) is 32.5 Å². The second-order valence-corrected chi connectivity index (χ2v) is 8.19. The van der Waals surface area contributed by atoms with Gasteiger partial charge in [0.05, 0.1) is 30.6 Å². The molecule has 0 radical (unpaired) electrons. The predicted molar refractivity (Wildman–Crippen MR) is 113 cm³/mol. The SMILES string of the molecule is COC(=O)COc1cccc2c1C(=O)N(CCOC(C)(C)C)c1cc(C(F)(F)F)ccc1O2. The molecule has 7 nitrogen and oxygen atoms in total. The Hall–Kier alpha value is -3.27. The number of amides is 1. The Labute approximate surface area is 189 Å². The molecule has 0 bridgehead atoms. The first kappa shape index (κ1) is 24.4. The van der Waals surface area contributed by atoms with E-state index in [1.165, 1.54) is 25.3 Å². The lowest BCUT2D eigenvalue weighted by Gasteiger charge is -2.26. The molecule has 1 heterocycles. The molecule has 0 unspecified atom stereocenters. The largest absolute Gasteiger partial charge is 0.481 e. The van der Waals surface area contributed by atoms with Crippen molar-refractivity contribution in [3.63, 3.8) is 0 Å². The standard InChI is InChI=1S/C23H24F3NO6/c1-22(2,3)32-11-10-27-15-12-14(23(24,25)26)8-9-16(15)33-18-7-5-6-17(20(18)21(27)29)31-13-19(28)30-4/h5-9,12H,10-11,13H2,1-4H3. The highest BCUT2D eigenvalue weighted by molar-refractivity contribution is 6.11. The first-order valence-electron chi connectivity index (χ1n) is 10.1. The summed E-state index contributed by atoms with van der Waals surface area (Å²) in [5.74, 6) is -1.13. The van der Waals surface area contributed by atoms with Crippen LogP contribution in [-0.2, 0) is 20.4 Å². The fraction of sp³-hybridized carbons (Fsp3) is 0.391. The van der Waals surface area contributed by atoms with Gasteiger partial charge in [-0.05, 0) is 51.1 Å². The molecule has 10 heteroatoms. The summed E-state index contributed by atoms with van der Waals surface area (Å²) in [6, 6.07) is 7.42. The molecule has 3 rings (SSSR count). The molecule has 2 aromatic carbocycles. The lowest BCUT2D eigenvalue weighted by molar-refractivity contribution is -0.143. The molecular weight excluding hydrogens is 443 g/mol. The van der Waals surface area contributed by atoms with Crippen molar-refractivity contribution in [3.05, 3.63) is 47.5 Å². The molecule has 33 heavy (non-hydrogen) atoms. The van der Waals surface area contributed by atoms with Crippen LogP contribution in [0.3, 0.4) is 0 Å². The first-order valence-corrected chi connectivity index (χ1v) is 10.1. The van der Waals surface area contributed by atoms with Crippen LogP contribution < -0.4 is 14.4 Å². The maximum atomic E-state index is 13.6. The normalized spacial score (nSPS) is 13.5. The van der Waals surface area contributed by atoms with E-state index in [0.717, 1.165) is 17.0 Å². The Balaban J connectivity index is 2.07. The summed E-state index contributed by atoms with van der Waals surface area (Å²) in [6.07, 6.45) is -4.61. The van der Waals surface area contributed by atoms with Crippen LogP contribution in [0.4, 0.5) is 18.9 Å². The summed E-state index contributed by atoms with van der Waals surface area (Å²) in [7, 11) is 1.19. The van der Waals surface area contributed by atoms with Gasteiger partial charge in [-0.15, -0.1) is 0 Å². The summed E-state index contributed by atoms with van der Waals surface area (Å²) in [5.41, 5.74) is -1.52. The van der Waals surface area contributed by atoms with E-state index < -0.39 is 35.8 Å². The highest BCUT2D eigenvalue weighted by Crippen LogP contribution is 2.44. The molecule has 2 aromatic rings. The fourth-order valence-electron chi connectivity index (χ4n) is 3.14. The Morgan fingerprint density at radius 1 is 1.09 bits per heavy atom. The lowest BCUT2D eigenvalue weighted by atomic mass is 10.1. The van der Waals surface area contributed by atoms with Crippen LogP contribution in [0.15, 0.2) is 36.4 Å². The molecule has 0 fully saturated rings. The number of esters is 1. The average Bonchev–Trinajstić information content (AvgIpc) is 2.84. The highest BCUT2D eigenvalue weighted by Gasteiger charge is 2.36. The number of halogens is 3. The summed E-state index contributed by atoms with van der Waals surface area (Å²) in [5, 5.41) is 0. The predicted octanol–water partition coefficient (Wildman–Crippen LogP) is 4.82. The van der Waals surface area contributed by atoms with E-state index in [0.29, 0.717) is 0 Å². The molecule has 178 valence electrons. The molecule has 0 saturated carbocycles. The number of carbonyl (C=O) groups is 2. The van der Waals surface area contributed by atoms with Crippen molar-refractivity contribution in [2.75, 3.05) is 31.8 Å². The van der Waals surface area contributed by atoms with E-state index >= 15 is 0 Å². The number of hydrogen-bond acceptors (Lipinski definition) is 6. The molecular formula is C23H24F3NO6. The quantitative estimate of drug-likeness (QED) is 0.567. The molecule has 0 spiro atoms. The topological polar surface area (TPSA) is 74.3 Å². The Bertz CT molecular complexity index is 1050. The van der Waals surface area contributed by atoms with Gasteiger partial charge >= 0.3 is 12.1 Å². The molecule has 1 aliphatic rings. The van der Waals surface area contributed by atoms with Gasteiger partial charge in [0.25, 0.3) is 5.91 Å². The van der Waals surface area contributed by atoms with Gasteiger partial charge in [0.2, 0.25) is 0 Å². The van der Waals surface area contributed by atoms with Crippen molar-refractivity contribution in [2.24, 2.45) is 0 Å². The van der Waals surface area contributed by atoms with E-state index in [-0.39, 0.29) is 41.7 Å². The molecule has 0 atom stereocenters. The molecule has 0 N–H and O–H groups in total. The number of alkyl halides is 3. The van der Waals surface area contributed by atoms with Gasteiger partial charge in [-0.2, -0.15) is 13.2 Å². The van der Waals surface area contributed by atoms with E-state index in [4.69, 9.17) is 14.2 Å². The van der Waals surface area contributed by atoms with Gasteiger partial charge in [-0.3, -0.25) is 4.79 Å². The van der Waals surface area contributed by atoms with Crippen molar-refractivity contribution in [1.29, 1.82) is 0 Å². The van der Waals surface area contributed by atoms with Crippen molar-refractivity contribution < 1.29 is 41.7 Å². The van der Waals surface area contributed by atoms with Gasteiger partial charge in [0, 0.05) is 6.54 Å². The Morgan fingerprint density at radius 3 is 2.45 bits per heavy atom. The van der Waals surface area contributed by atoms with E-state index in [1.54, 1.807) is 6.07 Å². The monoisotopic (exact) mass is 467 g/mol. The zero-order valence-corrected chi connectivity index (χ0v) is 18.6. The van der Waals surface area contributed by atoms with Crippen LogP contribution in [0.5, 0.6) is 17.2 Å². The van der Waals surface area contributed by atoms with Crippen LogP contribution in [0.25, 0.3) is 0 Å². The summed E-state index contributed by atoms with van der Waals surface area (Å²) in [6.45, 7) is 5.03. The molecule has 0 aromatic heterocycles. The van der Waals surface area contributed by atoms with Gasteiger partial charge < -0.3 is 23.8 Å². The second-order valence-electron chi connectivity index (χ2n) is 8.19. The number of carbonyl (C=O) groups excluding carboxylic acids is 2. The van der Waals surface area contributed by atoms with E-state index in [2.05, 4.69) is 4.74 Å². The number of hydrogen-bond donors (Lipinski definition) is 0. The zero-order valence-electron chi connectivity index (χ0n) is 18.6. The summed E-state index contributed by atoms with van der Waals surface area (Å²) in [4.78, 5) is 26.2. The van der Waals surface area contributed by atoms with Crippen LogP contribution in [0.2, 0.25) is 0 Å². The number of benzene rings is 2. The van der Waals surface area contributed by atoms with Gasteiger partial charge in [-0.1, -0.05) is 6.07 Å². The minimum Gasteiger partial charge on any atom is -0.481 e. The number of ether oxygens (including phenoxy) is 4. The third-order valence-corrected chi connectivity index (χ3v) is 4.67. The van der Waals surface area contributed by atoms with Gasteiger partial charge in [0.15, 0.2) is 12.4 Å². The van der Waals surface area contributed by atoms with Crippen LogP contribution in [0, 0.1) is 0 Å². The van der Waals surface area contributed by atoms with Crippen LogP contribution in [0.1, 0.15) is 36.7 Å². The van der Waals surface area contributed by atoms with Crippen LogP contribution >= 0.6 is 0 Å². The molecule has 0 saturated heterocycles. The first-order chi connectivity index (χ1) is 15.4. The maximum absolute atomic E-state index is 13.6. The smallest absolute Gasteiger partial charge is 0.416 e. The number of anilines is 1. The van der Waals surface area contributed by atoms with Crippen molar-refractivity contribution in [1.82, 2.24) is 0 Å².